The second-order valence-corrected chi connectivity index (χ2v) is 9.46. The second kappa shape index (κ2) is 8.03. The van der Waals surface area contributed by atoms with Crippen LogP contribution in [0.15, 0.2) is 17.6 Å². The van der Waals surface area contributed by atoms with Gasteiger partial charge in [-0.2, -0.15) is 0 Å². The molecule has 0 amide bonds. The summed E-state index contributed by atoms with van der Waals surface area (Å²) in [5, 5.41) is 2.12. The first-order valence-electron chi connectivity index (χ1n) is 10.9. The van der Waals surface area contributed by atoms with Crippen LogP contribution in [0.3, 0.4) is 0 Å². The number of anilines is 1. The number of fused-ring (bicyclic) bond motifs is 1. The normalized spacial score (nSPS) is 18.9. The van der Waals surface area contributed by atoms with Crippen LogP contribution in [0.5, 0.6) is 0 Å². The summed E-state index contributed by atoms with van der Waals surface area (Å²) in [6.07, 6.45) is 8.28. The van der Waals surface area contributed by atoms with E-state index in [1.165, 1.54) is 42.8 Å². The molecule has 2 fully saturated rings. The number of aromatic nitrogens is 4. The Kier molecular flexibility index (Phi) is 5.26. The van der Waals surface area contributed by atoms with Crippen LogP contribution >= 0.6 is 11.3 Å². The molecule has 7 heteroatoms. The van der Waals surface area contributed by atoms with Gasteiger partial charge in [0.15, 0.2) is 4.96 Å². The highest BCUT2D eigenvalue weighted by molar-refractivity contribution is 7.15. The van der Waals surface area contributed by atoms with Gasteiger partial charge in [-0.05, 0) is 65.0 Å². The molecule has 0 aromatic carbocycles. The lowest BCUT2D eigenvalue weighted by molar-refractivity contribution is 0.174. The molecule has 154 valence electrons. The summed E-state index contributed by atoms with van der Waals surface area (Å²) in [4.78, 5) is 20.3. The lowest BCUT2D eigenvalue weighted by atomic mass is 9.92. The molecule has 5 heterocycles. The fourth-order valence-corrected chi connectivity index (χ4v) is 5.59. The van der Waals surface area contributed by atoms with Crippen molar-refractivity contribution in [3.63, 3.8) is 0 Å². The number of imidazole rings is 1. The molecule has 0 unspecified atom stereocenters. The molecule has 0 bridgehead atoms. The quantitative estimate of drug-likeness (QED) is 0.639. The number of likely N-dealkylation sites (tertiary alicyclic amines) is 1. The molecular formula is C22H30N6S. The molecule has 0 spiro atoms. The molecule has 3 aromatic rings. The molecule has 2 aliphatic heterocycles. The minimum atomic E-state index is 0.722. The van der Waals surface area contributed by atoms with Gasteiger partial charge in [0.2, 0.25) is 0 Å². The zero-order valence-corrected chi connectivity index (χ0v) is 18.3. The summed E-state index contributed by atoms with van der Waals surface area (Å²) in [6, 6.07) is 2.24. The highest BCUT2D eigenvalue weighted by atomic mass is 32.1. The number of piperidine rings is 1. The van der Waals surface area contributed by atoms with Crippen LogP contribution in [0.25, 0.3) is 4.96 Å². The maximum absolute atomic E-state index is 4.76. The third-order valence-corrected chi connectivity index (χ3v) is 7.20. The number of hydrogen-bond donors (Lipinski definition) is 0. The van der Waals surface area contributed by atoms with E-state index in [0.29, 0.717) is 0 Å². The second-order valence-electron chi connectivity index (χ2n) is 8.58. The average molecular weight is 411 g/mol. The number of thiazole rings is 1. The fraction of sp³-hybridized carbons (Fsp3) is 0.591. The topological polar surface area (TPSA) is 49.6 Å². The van der Waals surface area contributed by atoms with E-state index in [0.717, 1.165) is 61.7 Å². The van der Waals surface area contributed by atoms with Crippen molar-refractivity contribution < 1.29 is 0 Å². The van der Waals surface area contributed by atoms with Crippen molar-refractivity contribution in [1.82, 2.24) is 24.3 Å². The fourth-order valence-electron chi connectivity index (χ4n) is 4.81. The van der Waals surface area contributed by atoms with Crippen LogP contribution in [-0.4, -0.2) is 50.4 Å². The van der Waals surface area contributed by atoms with Gasteiger partial charge in [-0.3, -0.25) is 9.30 Å². The molecule has 0 saturated carbocycles. The summed E-state index contributed by atoms with van der Waals surface area (Å²) in [5.41, 5.74) is 3.75. The van der Waals surface area contributed by atoms with E-state index in [1.807, 2.05) is 6.92 Å². The highest BCUT2D eigenvalue weighted by Crippen LogP contribution is 2.26. The minimum Gasteiger partial charge on any atom is -0.357 e. The van der Waals surface area contributed by atoms with Gasteiger partial charge in [-0.15, -0.1) is 11.3 Å². The van der Waals surface area contributed by atoms with Crippen molar-refractivity contribution in [2.75, 3.05) is 31.1 Å². The van der Waals surface area contributed by atoms with Gasteiger partial charge in [0.1, 0.15) is 11.6 Å². The van der Waals surface area contributed by atoms with Crippen LogP contribution in [0.4, 0.5) is 5.82 Å². The zero-order chi connectivity index (χ0) is 19.8. The molecule has 2 saturated heterocycles. The average Bonchev–Trinajstić information content (AvgIpc) is 3.43. The highest BCUT2D eigenvalue weighted by Gasteiger charge is 2.23. The SMILES string of the molecule is Cc1nc(CC2CCN(Cc3c(C)nc4sccn34)CC2)cc(N2CCCC2)n1. The van der Waals surface area contributed by atoms with Gasteiger partial charge in [0.05, 0.1) is 11.4 Å². The summed E-state index contributed by atoms with van der Waals surface area (Å²) in [6.45, 7) is 9.76. The van der Waals surface area contributed by atoms with E-state index in [-0.39, 0.29) is 0 Å². The van der Waals surface area contributed by atoms with E-state index in [1.54, 1.807) is 11.3 Å². The Hall–Kier alpha value is -1.99. The molecule has 0 atom stereocenters. The zero-order valence-electron chi connectivity index (χ0n) is 17.5. The number of aryl methyl sites for hydroxylation is 2. The van der Waals surface area contributed by atoms with Crippen LogP contribution in [0, 0.1) is 19.8 Å². The smallest absolute Gasteiger partial charge is 0.194 e. The summed E-state index contributed by atoms with van der Waals surface area (Å²) < 4.78 is 2.26. The standard InChI is InChI=1S/C22H30N6S/c1-16-20(28-11-12-29-22(28)23-16)15-26-9-5-18(6-10-26)13-19-14-21(25-17(2)24-19)27-7-3-4-8-27/h11-12,14,18H,3-10,13,15H2,1-2H3. The van der Waals surface area contributed by atoms with Crippen LogP contribution in [-0.2, 0) is 13.0 Å². The summed E-state index contributed by atoms with van der Waals surface area (Å²) >= 11 is 1.72. The largest absolute Gasteiger partial charge is 0.357 e. The predicted octanol–water partition coefficient (Wildman–Crippen LogP) is 3.86. The Morgan fingerprint density at radius 3 is 2.62 bits per heavy atom. The molecule has 6 nitrogen and oxygen atoms in total. The predicted molar refractivity (Wildman–Crippen MR) is 118 cm³/mol. The maximum atomic E-state index is 4.76. The van der Waals surface area contributed by atoms with Crippen molar-refractivity contribution >= 4 is 22.1 Å². The van der Waals surface area contributed by atoms with E-state index in [2.05, 4.69) is 38.8 Å². The van der Waals surface area contributed by atoms with E-state index >= 15 is 0 Å². The first-order chi connectivity index (χ1) is 14.2. The Morgan fingerprint density at radius 2 is 1.83 bits per heavy atom. The van der Waals surface area contributed by atoms with Crippen LogP contribution in [0.2, 0.25) is 0 Å². The monoisotopic (exact) mass is 410 g/mol. The Labute approximate surface area is 176 Å². The van der Waals surface area contributed by atoms with E-state index in [4.69, 9.17) is 15.0 Å². The van der Waals surface area contributed by atoms with Gasteiger partial charge in [0.25, 0.3) is 0 Å². The van der Waals surface area contributed by atoms with Gasteiger partial charge in [-0.1, -0.05) is 0 Å². The third kappa shape index (κ3) is 4.03. The maximum Gasteiger partial charge on any atom is 0.194 e. The summed E-state index contributed by atoms with van der Waals surface area (Å²) in [7, 11) is 0. The third-order valence-electron chi connectivity index (χ3n) is 6.45. The van der Waals surface area contributed by atoms with Gasteiger partial charge >= 0.3 is 0 Å². The van der Waals surface area contributed by atoms with Gasteiger partial charge in [-0.25, -0.2) is 15.0 Å². The lowest BCUT2D eigenvalue weighted by Gasteiger charge is -2.32. The van der Waals surface area contributed by atoms with Crippen molar-refractivity contribution in [2.24, 2.45) is 5.92 Å². The molecule has 29 heavy (non-hydrogen) atoms. The summed E-state index contributed by atoms with van der Waals surface area (Å²) in [5.74, 6) is 2.77. The number of nitrogens with zero attached hydrogens (tertiary/aromatic N) is 6. The van der Waals surface area contributed by atoms with E-state index < -0.39 is 0 Å². The molecule has 2 aliphatic rings. The van der Waals surface area contributed by atoms with Crippen LogP contribution in [0.1, 0.15) is 48.6 Å². The lowest BCUT2D eigenvalue weighted by Crippen LogP contribution is -2.34. The minimum absolute atomic E-state index is 0.722. The van der Waals surface area contributed by atoms with E-state index in [9.17, 15) is 0 Å². The van der Waals surface area contributed by atoms with Gasteiger partial charge in [0, 0.05) is 43.0 Å². The van der Waals surface area contributed by atoms with Crippen molar-refractivity contribution in [3.8, 4) is 0 Å². The van der Waals surface area contributed by atoms with Crippen molar-refractivity contribution in [2.45, 2.75) is 52.5 Å². The number of rotatable bonds is 5. The van der Waals surface area contributed by atoms with Gasteiger partial charge < -0.3 is 4.90 Å². The first kappa shape index (κ1) is 19.0. The Bertz CT molecular complexity index is 979. The molecule has 5 rings (SSSR count). The molecule has 0 aliphatic carbocycles. The molecule has 0 radical (unpaired) electrons. The van der Waals surface area contributed by atoms with Crippen molar-refractivity contribution in [3.05, 3.63) is 40.5 Å². The Balaban J connectivity index is 1.20. The molecular weight excluding hydrogens is 380 g/mol. The molecule has 0 N–H and O–H groups in total. The molecule has 3 aromatic heterocycles. The van der Waals surface area contributed by atoms with Crippen molar-refractivity contribution in [1.29, 1.82) is 0 Å². The number of hydrogen-bond acceptors (Lipinski definition) is 6. The first-order valence-corrected chi connectivity index (χ1v) is 11.8. The van der Waals surface area contributed by atoms with Crippen LogP contribution < -0.4 is 4.90 Å². The Morgan fingerprint density at radius 1 is 1.03 bits per heavy atom.